The van der Waals surface area contributed by atoms with Crippen molar-refractivity contribution in [1.82, 2.24) is 9.78 Å². The summed E-state index contributed by atoms with van der Waals surface area (Å²) in [4.78, 5) is 12.2. The maximum absolute atomic E-state index is 12.2. The SMILES string of the molecule is COc1ccc(OCc2ccc(/C=C/C(=O)c3cc(C)nn3C)o2)cc1. The third-order valence-corrected chi connectivity index (χ3v) is 3.78. The molecule has 0 aliphatic rings. The van der Waals surface area contributed by atoms with Gasteiger partial charge in [-0.1, -0.05) is 0 Å². The Hall–Kier alpha value is -3.28. The number of hydrogen-bond donors (Lipinski definition) is 0. The van der Waals surface area contributed by atoms with Crippen LogP contribution in [0.4, 0.5) is 0 Å². The molecule has 0 saturated carbocycles. The number of ketones is 1. The second-order valence-corrected chi connectivity index (χ2v) is 5.76. The van der Waals surface area contributed by atoms with Crippen molar-refractivity contribution in [2.24, 2.45) is 7.05 Å². The molecule has 3 rings (SSSR count). The van der Waals surface area contributed by atoms with Crippen molar-refractivity contribution in [1.29, 1.82) is 0 Å². The number of aromatic nitrogens is 2. The first-order chi connectivity index (χ1) is 12.5. The summed E-state index contributed by atoms with van der Waals surface area (Å²) in [7, 11) is 3.36. The lowest BCUT2D eigenvalue weighted by atomic mass is 10.2. The van der Waals surface area contributed by atoms with Crippen LogP contribution in [-0.2, 0) is 13.7 Å². The first-order valence-electron chi connectivity index (χ1n) is 8.14. The van der Waals surface area contributed by atoms with E-state index in [2.05, 4.69) is 5.10 Å². The van der Waals surface area contributed by atoms with Gasteiger partial charge in [0.05, 0.1) is 12.8 Å². The van der Waals surface area contributed by atoms with Gasteiger partial charge in [-0.3, -0.25) is 9.48 Å². The van der Waals surface area contributed by atoms with Gasteiger partial charge in [0, 0.05) is 7.05 Å². The van der Waals surface area contributed by atoms with Gasteiger partial charge >= 0.3 is 0 Å². The zero-order chi connectivity index (χ0) is 18.5. The molecule has 6 heteroatoms. The van der Waals surface area contributed by atoms with E-state index in [1.165, 1.54) is 6.08 Å². The molecule has 0 fully saturated rings. The van der Waals surface area contributed by atoms with Crippen molar-refractivity contribution < 1.29 is 18.7 Å². The van der Waals surface area contributed by atoms with Gasteiger partial charge in [0.25, 0.3) is 0 Å². The fourth-order valence-electron chi connectivity index (χ4n) is 2.47. The Kier molecular flexibility index (Phi) is 5.22. The van der Waals surface area contributed by atoms with E-state index in [4.69, 9.17) is 13.9 Å². The van der Waals surface area contributed by atoms with Crippen molar-refractivity contribution in [3.8, 4) is 11.5 Å². The van der Waals surface area contributed by atoms with Crippen LogP contribution in [0.1, 0.15) is 27.7 Å². The van der Waals surface area contributed by atoms with E-state index in [9.17, 15) is 4.79 Å². The van der Waals surface area contributed by atoms with E-state index >= 15 is 0 Å². The van der Waals surface area contributed by atoms with Crippen LogP contribution in [0.3, 0.4) is 0 Å². The summed E-state index contributed by atoms with van der Waals surface area (Å²) in [6.45, 7) is 2.15. The number of carbonyl (C=O) groups excluding carboxylic acids is 1. The van der Waals surface area contributed by atoms with Crippen LogP contribution < -0.4 is 9.47 Å². The number of aryl methyl sites for hydroxylation is 2. The molecule has 0 radical (unpaired) electrons. The molecule has 6 nitrogen and oxygen atoms in total. The number of ether oxygens (including phenoxy) is 2. The summed E-state index contributed by atoms with van der Waals surface area (Å²) < 4.78 is 18.0. The topological polar surface area (TPSA) is 66.5 Å². The molecule has 0 unspecified atom stereocenters. The fourth-order valence-corrected chi connectivity index (χ4v) is 2.47. The molecule has 26 heavy (non-hydrogen) atoms. The van der Waals surface area contributed by atoms with E-state index in [0.29, 0.717) is 23.8 Å². The highest BCUT2D eigenvalue weighted by molar-refractivity contribution is 6.05. The molecular weight excluding hydrogens is 332 g/mol. The first kappa shape index (κ1) is 17.5. The minimum Gasteiger partial charge on any atom is -0.497 e. The molecule has 0 aliphatic heterocycles. The standard InChI is InChI=1S/C20H20N2O4/c1-14-12-19(22(2)21-14)20(23)11-10-17-8-9-18(26-17)13-25-16-6-4-15(24-3)5-7-16/h4-12H,13H2,1-3H3/b11-10+. The second kappa shape index (κ2) is 7.74. The smallest absolute Gasteiger partial charge is 0.203 e. The zero-order valence-corrected chi connectivity index (χ0v) is 14.9. The normalized spacial score (nSPS) is 11.0. The van der Waals surface area contributed by atoms with Gasteiger partial charge in [-0.05, 0) is 61.5 Å². The van der Waals surface area contributed by atoms with E-state index < -0.39 is 0 Å². The highest BCUT2D eigenvalue weighted by atomic mass is 16.5. The zero-order valence-electron chi connectivity index (χ0n) is 14.9. The number of methoxy groups -OCH3 is 1. The summed E-state index contributed by atoms with van der Waals surface area (Å²) in [5.41, 5.74) is 1.34. The van der Waals surface area contributed by atoms with Gasteiger partial charge in [-0.15, -0.1) is 0 Å². The summed E-state index contributed by atoms with van der Waals surface area (Å²) in [5, 5.41) is 4.17. The quantitative estimate of drug-likeness (QED) is 0.478. The molecule has 0 bridgehead atoms. The van der Waals surface area contributed by atoms with Crippen LogP contribution in [0.5, 0.6) is 11.5 Å². The average Bonchev–Trinajstić information content (AvgIpc) is 3.24. The molecule has 0 atom stereocenters. The van der Waals surface area contributed by atoms with Crippen LogP contribution in [0.15, 0.2) is 53.0 Å². The minimum absolute atomic E-state index is 0.125. The van der Waals surface area contributed by atoms with Crippen molar-refractivity contribution in [3.05, 3.63) is 71.4 Å². The molecule has 0 spiro atoms. The number of nitrogens with zero attached hydrogens (tertiary/aromatic N) is 2. The second-order valence-electron chi connectivity index (χ2n) is 5.76. The van der Waals surface area contributed by atoms with Crippen molar-refractivity contribution in [2.75, 3.05) is 7.11 Å². The summed E-state index contributed by atoms with van der Waals surface area (Å²) in [5.74, 6) is 2.63. The monoisotopic (exact) mass is 352 g/mol. The number of rotatable bonds is 7. The Bertz CT molecular complexity index is 920. The minimum atomic E-state index is -0.125. The third-order valence-electron chi connectivity index (χ3n) is 3.78. The van der Waals surface area contributed by atoms with Gasteiger partial charge < -0.3 is 13.9 Å². The summed E-state index contributed by atoms with van der Waals surface area (Å²) in [6, 6.07) is 12.7. The number of benzene rings is 1. The van der Waals surface area contributed by atoms with E-state index in [-0.39, 0.29) is 5.78 Å². The molecule has 0 saturated heterocycles. The van der Waals surface area contributed by atoms with Crippen LogP contribution in [-0.4, -0.2) is 22.7 Å². The average molecular weight is 352 g/mol. The number of furan rings is 1. The van der Waals surface area contributed by atoms with E-state index in [0.717, 1.165) is 17.2 Å². The van der Waals surface area contributed by atoms with Crippen molar-refractivity contribution in [2.45, 2.75) is 13.5 Å². The maximum atomic E-state index is 12.2. The van der Waals surface area contributed by atoms with Crippen LogP contribution in [0, 0.1) is 6.92 Å². The molecule has 2 aromatic heterocycles. The fraction of sp³-hybridized carbons (Fsp3) is 0.200. The highest BCUT2D eigenvalue weighted by Crippen LogP contribution is 2.19. The lowest BCUT2D eigenvalue weighted by Crippen LogP contribution is -2.03. The van der Waals surface area contributed by atoms with Gasteiger partial charge in [0.1, 0.15) is 35.3 Å². The predicted molar refractivity (Wildman–Crippen MR) is 97.3 cm³/mol. The maximum Gasteiger partial charge on any atom is 0.203 e. The van der Waals surface area contributed by atoms with Gasteiger partial charge in [-0.2, -0.15) is 5.10 Å². The Balaban J connectivity index is 1.58. The summed E-state index contributed by atoms with van der Waals surface area (Å²) >= 11 is 0. The Morgan fingerprint density at radius 3 is 2.58 bits per heavy atom. The molecule has 0 amide bonds. The molecule has 3 aromatic rings. The number of carbonyl (C=O) groups is 1. The van der Waals surface area contributed by atoms with Crippen LogP contribution >= 0.6 is 0 Å². The van der Waals surface area contributed by atoms with Crippen molar-refractivity contribution >= 4 is 11.9 Å². The lowest BCUT2D eigenvalue weighted by Gasteiger charge is -2.05. The van der Waals surface area contributed by atoms with E-state index in [1.807, 2.05) is 37.3 Å². The van der Waals surface area contributed by atoms with Crippen molar-refractivity contribution in [3.63, 3.8) is 0 Å². The van der Waals surface area contributed by atoms with Gasteiger partial charge in [0.15, 0.2) is 0 Å². The first-order valence-corrected chi connectivity index (χ1v) is 8.14. The Morgan fingerprint density at radius 2 is 1.92 bits per heavy atom. The Labute approximate surface area is 151 Å². The highest BCUT2D eigenvalue weighted by Gasteiger charge is 2.09. The Morgan fingerprint density at radius 1 is 1.19 bits per heavy atom. The number of hydrogen-bond acceptors (Lipinski definition) is 5. The van der Waals surface area contributed by atoms with Gasteiger partial charge in [-0.25, -0.2) is 0 Å². The largest absolute Gasteiger partial charge is 0.497 e. The molecule has 2 heterocycles. The molecule has 134 valence electrons. The number of allylic oxidation sites excluding steroid dienone is 1. The third kappa shape index (κ3) is 4.22. The lowest BCUT2D eigenvalue weighted by molar-refractivity contribution is 0.103. The van der Waals surface area contributed by atoms with Gasteiger partial charge in [0.2, 0.25) is 5.78 Å². The summed E-state index contributed by atoms with van der Waals surface area (Å²) in [6.07, 6.45) is 3.12. The predicted octanol–water partition coefficient (Wildman–Crippen LogP) is 3.81. The van der Waals surface area contributed by atoms with E-state index in [1.54, 1.807) is 37.0 Å². The van der Waals surface area contributed by atoms with Crippen LogP contribution in [0.25, 0.3) is 6.08 Å². The molecule has 0 aliphatic carbocycles. The molecular formula is C20H20N2O4. The molecule has 0 N–H and O–H groups in total. The molecule has 1 aromatic carbocycles. The van der Waals surface area contributed by atoms with Crippen LogP contribution in [0.2, 0.25) is 0 Å².